The molecule has 0 bridgehead atoms. The van der Waals surface area contributed by atoms with Crippen LogP contribution >= 0.6 is 23.4 Å². The highest BCUT2D eigenvalue weighted by Crippen LogP contribution is 2.29. The Balaban J connectivity index is 1.45. The number of carbonyl (C=O) groups excluding carboxylic acids is 2. The molecular weight excluding hydrogens is 500 g/mol. The van der Waals surface area contributed by atoms with E-state index in [0.717, 1.165) is 50.3 Å². The van der Waals surface area contributed by atoms with Crippen LogP contribution in [0.15, 0.2) is 42.5 Å². The number of urea groups is 1. The number of rotatable bonds is 11. The fraction of sp³-hybridized carbons (Fsp3) is 0.462. The molecule has 3 rings (SSSR count). The number of amides is 2. The minimum atomic E-state index is -0.470. The highest BCUT2D eigenvalue weighted by molar-refractivity contribution is 7.98. The Kier molecular flexibility index (Phi) is 11.0. The van der Waals surface area contributed by atoms with Gasteiger partial charge in [-0.1, -0.05) is 29.8 Å². The van der Waals surface area contributed by atoms with Crippen LogP contribution in [-0.2, 0) is 4.74 Å². The van der Waals surface area contributed by atoms with Crippen molar-refractivity contribution in [2.45, 2.75) is 25.3 Å². The van der Waals surface area contributed by atoms with E-state index in [1.54, 1.807) is 11.8 Å². The van der Waals surface area contributed by atoms with Crippen LogP contribution in [0, 0.1) is 5.92 Å². The summed E-state index contributed by atoms with van der Waals surface area (Å²) in [6, 6.07) is 12.3. The number of piperidine rings is 1. The van der Waals surface area contributed by atoms with Crippen LogP contribution in [-0.4, -0.2) is 68.3 Å². The molecule has 2 aromatic rings. The molecule has 1 saturated heterocycles. The molecule has 2 amide bonds. The highest BCUT2D eigenvalue weighted by atomic mass is 35.5. The first-order valence-corrected chi connectivity index (χ1v) is 13.8. The number of nitrogen functional groups attached to an aromatic ring is 1. The molecular formula is C26H35ClN4O4S. The van der Waals surface area contributed by atoms with Gasteiger partial charge in [0.15, 0.2) is 0 Å². The summed E-state index contributed by atoms with van der Waals surface area (Å²) in [6.45, 7) is 2.90. The van der Waals surface area contributed by atoms with Crippen molar-refractivity contribution in [2.75, 3.05) is 56.4 Å². The van der Waals surface area contributed by atoms with Gasteiger partial charge in [0.2, 0.25) is 0 Å². The molecule has 2 aromatic carbocycles. The Hall–Kier alpha value is -2.62. The maximum atomic E-state index is 12.6. The van der Waals surface area contributed by atoms with Gasteiger partial charge < -0.3 is 30.7 Å². The van der Waals surface area contributed by atoms with Crippen LogP contribution in [0.3, 0.4) is 0 Å². The number of ether oxygens (including phenoxy) is 2. The Morgan fingerprint density at radius 2 is 1.94 bits per heavy atom. The second kappa shape index (κ2) is 14.2. The smallest absolute Gasteiger partial charge is 0.341 e. The van der Waals surface area contributed by atoms with Crippen molar-refractivity contribution in [2.24, 2.45) is 5.92 Å². The number of hydrogen-bond donors (Lipinski definition) is 3. The second-order valence-electron chi connectivity index (χ2n) is 8.86. The Labute approximate surface area is 222 Å². The molecule has 0 aliphatic carbocycles. The number of nitrogens with two attached hydrogens (primary N) is 1. The van der Waals surface area contributed by atoms with Crippen LogP contribution < -0.4 is 21.1 Å². The topological polar surface area (TPSA) is 106 Å². The van der Waals surface area contributed by atoms with Crippen molar-refractivity contribution >= 4 is 46.7 Å². The average molecular weight is 535 g/mol. The third kappa shape index (κ3) is 8.50. The van der Waals surface area contributed by atoms with Gasteiger partial charge in [0, 0.05) is 24.3 Å². The first kappa shape index (κ1) is 28.0. The Morgan fingerprint density at radius 1 is 1.22 bits per heavy atom. The summed E-state index contributed by atoms with van der Waals surface area (Å²) in [4.78, 5) is 27.5. The maximum absolute atomic E-state index is 12.6. The lowest BCUT2D eigenvalue weighted by Gasteiger charge is -2.34. The molecule has 1 aliphatic heterocycles. The molecule has 36 heavy (non-hydrogen) atoms. The molecule has 1 atom stereocenters. The van der Waals surface area contributed by atoms with Gasteiger partial charge in [-0.2, -0.15) is 11.8 Å². The molecule has 0 radical (unpaired) electrons. The van der Waals surface area contributed by atoms with Crippen molar-refractivity contribution < 1.29 is 19.1 Å². The van der Waals surface area contributed by atoms with E-state index in [4.69, 9.17) is 26.8 Å². The van der Waals surface area contributed by atoms with Crippen LogP contribution in [0.25, 0.3) is 0 Å². The zero-order chi connectivity index (χ0) is 25.9. The normalized spacial score (nSPS) is 15.2. The van der Waals surface area contributed by atoms with E-state index >= 15 is 0 Å². The predicted octanol–water partition coefficient (Wildman–Crippen LogP) is 4.74. The van der Waals surface area contributed by atoms with Crippen molar-refractivity contribution in [3.8, 4) is 5.75 Å². The second-order valence-corrected chi connectivity index (χ2v) is 10.3. The number of hydrogen-bond acceptors (Lipinski definition) is 7. The van der Waals surface area contributed by atoms with Gasteiger partial charge >= 0.3 is 12.0 Å². The summed E-state index contributed by atoms with van der Waals surface area (Å²) in [7, 11) is 1.47. The highest BCUT2D eigenvalue weighted by Gasteiger charge is 2.24. The molecule has 0 saturated carbocycles. The minimum absolute atomic E-state index is 0.0540. The van der Waals surface area contributed by atoms with E-state index in [2.05, 4.69) is 21.8 Å². The number of thioether (sulfide) groups is 1. The first-order valence-electron chi connectivity index (χ1n) is 12.0. The predicted molar refractivity (Wildman–Crippen MR) is 147 cm³/mol. The summed E-state index contributed by atoms with van der Waals surface area (Å²) in [6.07, 6.45) is 4.80. The van der Waals surface area contributed by atoms with Crippen molar-refractivity contribution in [3.05, 3.63) is 53.1 Å². The molecule has 8 nitrogen and oxygen atoms in total. The van der Waals surface area contributed by atoms with Gasteiger partial charge in [0.1, 0.15) is 11.3 Å². The Morgan fingerprint density at radius 3 is 2.61 bits per heavy atom. The standard InChI is InChI=1S/C26H35ClN4O4S/c1-34-24-15-23(28)22(27)14-21(24)25(32)35-17-18-8-11-31(12-9-18)16-20(10-13-36-2)30-26(33)29-19-6-4-3-5-7-19/h3-7,14-15,18,20H,8-13,16-17,28H2,1-2H3,(H2,29,30,33)/t20-/m0/s1. The van der Waals surface area contributed by atoms with E-state index in [1.165, 1.54) is 19.2 Å². The minimum Gasteiger partial charge on any atom is -0.496 e. The van der Waals surface area contributed by atoms with Crippen molar-refractivity contribution in [1.82, 2.24) is 10.2 Å². The fourth-order valence-corrected chi connectivity index (χ4v) is 4.84. The number of para-hydroxylation sites is 1. The Bertz CT molecular complexity index is 1000. The van der Waals surface area contributed by atoms with Gasteiger partial charge in [0.05, 0.1) is 24.4 Å². The molecule has 1 aliphatic rings. The van der Waals surface area contributed by atoms with Crippen LogP contribution in [0.1, 0.15) is 29.6 Å². The van der Waals surface area contributed by atoms with Crippen LogP contribution in [0.2, 0.25) is 5.02 Å². The number of likely N-dealkylation sites (tertiary alicyclic amines) is 1. The number of nitrogens with zero attached hydrogens (tertiary/aromatic N) is 1. The lowest BCUT2D eigenvalue weighted by Crippen LogP contribution is -2.48. The van der Waals surface area contributed by atoms with E-state index < -0.39 is 5.97 Å². The average Bonchev–Trinajstić information content (AvgIpc) is 2.88. The molecule has 0 aromatic heterocycles. The molecule has 0 spiro atoms. The summed E-state index contributed by atoms with van der Waals surface area (Å²) in [5, 5.41) is 6.32. The van der Waals surface area contributed by atoms with Gasteiger partial charge in [-0.15, -0.1) is 0 Å². The van der Waals surface area contributed by atoms with Crippen LogP contribution in [0.5, 0.6) is 5.75 Å². The maximum Gasteiger partial charge on any atom is 0.341 e. The van der Waals surface area contributed by atoms with Crippen LogP contribution in [0.4, 0.5) is 16.2 Å². The SMILES string of the molecule is COc1cc(N)c(Cl)cc1C(=O)OCC1CCN(C[C@H](CCSC)NC(=O)Nc2ccccc2)CC1. The molecule has 1 heterocycles. The molecule has 10 heteroatoms. The number of esters is 1. The summed E-state index contributed by atoms with van der Waals surface area (Å²) in [5.74, 6) is 1.12. The van der Waals surface area contributed by atoms with Gasteiger partial charge in [-0.25, -0.2) is 9.59 Å². The third-order valence-electron chi connectivity index (χ3n) is 6.21. The number of methoxy groups -OCH3 is 1. The molecule has 4 N–H and O–H groups in total. The lowest BCUT2D eigenvalue weighted by molar-refractivity contribution is 0.0365. The fourth-order valence-electron chi connectivity index (χ4n) is 4.16. The van der Waals surface area contributed by atoms with Crippen molar-refractivity contribution in [3.63, 3.8) is 0 Å². The summed E-state index contributed by atoms with van der Waals surface area (Å²) in [5.41, 5.74) is 7.18. The number of nitrogens with one attached hydrogen (secondary N) is 2. The number of anilines is 2. The van der Waals surface area contributed by atoms with Gasteiger partial charge in [-0.3, -0.25) is 0 Å². The molecule has 0 unspecified atom stereocenters. The lowest BCUT2D eigenvalue weighted by atomic mass is 9.97. The summed E-state index contributed by atoms with van der Waals surface area (Å²) >= 11 is 7.84. The molecule has 1 fully saturated rings. The van der Waals surface area contributed by atoms with E-state index in [9.17, 15) is 9.59 Å². The van der Waals surface area contributed by atoms with Crippen molar-refractivity contribution in [1.29, 1.82) is 0 Å². The van der Waals surface area contributed by atoms with E-state index in [-0.39, 0.29) is 28.6 Å². The zero-order valence-corrected chi connectivity index (χ0v) is 22.4. The molecule has 196 valence electrons. The van der Waals surface area contributed by atoms with E-state index in [0.29, 0.717) is 18.0 Å². The number of carbonyl (C=O) groups is 2. The monoisotopic (exact) mass is 534 g/mol. The van der Waals surface area contributed by atoms with Gasteiger partial charge in [0.25, 0.3) is 0 Å². The third-order valence-corrected chi connectivity index (χ3v) is 7.18. The quantitative estimate of drug-likeness (QED) is 0.282. The number of benzene rings is 2. The first-order chi connectivity index (χ1) is 17.4. The van der Waals surface area contributed by atoms with E-state index in [1.807, 2.05) is 30.3 Å². The summed E-state index contributed by atoms with van der Waals surface area (Å²) < 4.78 is 10.8. The zero-order valence-electron chi connectivity index (χ0n) is 20.8. The largest absolute Gasteiger partial charge is 0.496 e. The number of halogens is 1. The van der Waals surface area contributed by atoms with Gasteiger partial charge in [-0.05, 0) is 68.5 Å².